The fourth-order valence-corrected chi connectivity index (χ4v) is 3.07. The van der Waals surface area contributed by atoms with Crippen LogP contribution in [0, 0.1) is 0 Å². The van der Waals surface area contributed by atoms with Gasteiger partial charge in [0.05, 0.1) is 0 Å². The quantitative estimate of drug-likeness (QED) is 0.782. The van der Waals surface area contributed by atoms with Gasteiger partial charge in [-0.15, -0.1) is 0 Å². The second-order valence-corrected chi connectivity index (χ2v) is 5.32. The van der Waals surface area contributed by atoms with E-state index < -0.39 is 0 Å². The van der Waals surface area contributed by atoms with E-state index in [1.807, 2.05) is 0 Å². The Morgan fingerprint density at radius 2 is 1.62 bits per heavy atom. The minimum Gasteiger partial charge on any atom is -0.329 e. The van der Waals surface area contributed by atoms with Crippen molar-refractivity contribution in [1.82, 2.24) is 9.80 Å². The molecule has 0 aliphatic carbocycles. The number of likely N-dealkylation sites (tertiary alicyclic amines) is 2. The molecule has 1 atom stereocenters. The van der Waals surface area contributed by atoms with Crippen molar-refractivity contribution in [2.24, 2.45) is 5.73 Å². The third-order valence-electron chi connectivity index (χ3n) is 4.17. The second-order valence-electron chi connectivity index (χ2n) is 5.32. The van der Waals surface area contributed by atoms with Gasteiger partial charge in [0, 0.05) is 25.7 Å². The van der Waals surface area contributed by atoms with Gasteiger partial charge in [-0.3, -0.25) is 4.90 Å². The van der Waals surface area contributed by atoms with E-state index in [1.165, 1.54) is 71.2 Å². The number of hydrogen-bond acceptors (Lipinski definition) is 3. The Labute approximate surface area is 100.0 Å². The minimum absolute atomic E-state index is 0.665. The Kier molecular flexibility index (Phi) is 5.07. The summed E-state index contributed by atoms with van der Waals surface area (Å²) in [5.74, 6) is 0. The molecule has 3 heteroatoms. The van der Waals surface area contributed by atoms with Gasteiger partial charge in [0.2, 0.25) is 0 Å². The molecule has 0 radical (unpaired) electrons. The first-order valence-corrected chi connectivity index (χ1v) is 7.06. The highest BCUT2D eigenvalue weighted by Gasteiger charge is 2.21. The molecule has 2 heterocycles. The molecule has 0 aromatic heterocycles. The summed E-state index contributed by atoms with van der Waals surface area (Å²) in [6.45, 7) is 7.26. The predicted octanol–water partition coefficient (Wildman–Crippen LogP) is 1.29. The Hall–Kier alpha value is -0.120. The molecule has 0 spiro atoms. The summed E-state index contributed by atoms with van der Waals surface area (Å²) < 4.78 is 0. The van der Waals surface area contributed by atoms with Gasteiger partial charge in [-0.2, -0.15) is 0 Å². The van der Waals surface area contributed by atoms with E-state index in [0.29, 0.717) is 6.04 Å². The Balaban J connectivity index is 1.70. The SMILES string of the molecule is NCC1CCCCN1CCN1CCCCC1. The maximum Gasteiger partial charge on any atom is 0.0218 e. The predicted molar refractivity (Wildman–Crippen MR) is 68.6 cm³/mol. The van der Waals surface area contributed by atoms with E-state index in [1.54, 1.807) is 0 Å². The Bertz CT molecular complexity index is 190. The molecule has 1 unspecified atom stereocenters. The van der Waals surface area contributed by atoms with Gasteiger partial charge >= 0.3 is 0 Å². The monoisotopic (exact) mass is 225 g/mol. The third kappa shape index (κ3) is 3.44. The Morgan fingerprint density at radius 3 is 2.38 bits per heavy atom. The van der Waals surface area contributed by atoms with Crippen LogP contribution in [-0.2, 0) is 0 Å². The van der Waals surface area contributed by atoms with E-state index in [0.717, 1.165) is 6.54 Å². The molecule has 2 aliphatic rings. The van der Waals surface area contributed by atoms with E-state index in [-0.39, 0.29) is 0 Å². The molecule has 3 nitrogen and oxygen atoms in total. The number of nitrogens with two attached hydrogens (primary N) is 1. The van der Waals surface area contributed by atoms with Crippen LogP contribution in [0.2, 0.25) is 0 Å². The van der Waals surface area contributed by atoms with Gasteiger partial charge in [0.15, 0.2) is 0 Å². The van der Waals surface area contributed by atoms with Crippen LogP contribution < -0.4 is 5.73 Å². The lowest BCUT2D eigenvalue weighted by Gasteiger charge is -2.37. The van der Waals surface area contributed by atoms with Crippen LogP contribution in [0.4, 0.5) is 0 Å². The van der Waals surface area contributed by atoms with E-state index >= 15 is 0 Å². The molecular weight excluding hydrogens is 198 g/mol. The minimum atomic E-state index is 0.665. The molecule has 94 valence electrons. The third-order valence-corrected chi connectivity index (χ3v) is 4.17. The molecule has 0 saturated carbocycles. The highest BCUT2D eigenvalue weighted by molar-refractivity contribution is 4.78. The van der Waals surface area contributed by atoms with Gasteiger partial charge in [-0.05, 0) is 45.3 Å². The van der Waals surface area contributed by atoms with Crippen LogP contribution in [0.3, 0.4) is 0 Å². The van der Waals surface area contributed by atoms with E-state index in [2.05, 4.69) is 9.80 Å². The van der Waals surface area contributed by atoms with Crippen molar-refractivity contribution in [1.29, 1.82) is 0 Å². The van der Waals surface area contributed by atoms with Crippen molar-refractivity contribution in [3.63, 3.8) is 0 Å². The number of nitrogens with zero attached hydrogens (tertiary/aromatic N) is 2. The summed E-state index contributed by atoms with van der Waals surface area (Å²) in [7, 11) is 0. The fraction of sp³-hybridized carbons (Fsp3) is 1.00. The van der Waals surface area contributed by atoms with Crippen LogP contribution >= 0.6 is 0 Å². The highest BCUT2D eigenvalue weighted by Crippen LogP contribution is 2.16. The average Bonchev–Trinajstić information content (AvgIpc) is 2.38. The summed E-state index contributed by atoms with van der Waals surface area (Å²) in [4.78, 5) is 5.25. The molecule has 2 aliphatic heterocycles. The molecule has 2 saturated heterocycles. The van der Waals surface area contributed by atoms with E-state index in [9.17, 15) is 0 Å². The first-order chi connectivity index (χ1) is 7.90. The molecule has 0 aromatic carbocycles. The first kappa shape index (κ1) is 12.3. The van der Waals surface area contributed by atoms with E-state index in [4.69, 9.17) is 5.73 Å². The van der Waals surface area contributed by atoms with Gasteiger partial charge < -0.3 is 10.6 Å². The number of rotatable bonds is 4. The lowest BCUT2D eigenvalue weighted by atomic mass is 10.0. The summed E-state index contributed by atoms with van der Waals surface area (Å²) in [5.41, 5.74) is 5.85. The number of hydrogen-bond donors (Lipinski definition) is 1. The lowest BCUT2D eigenvalue weighted by molar-refractivity contribution is 0.122. The van der Waals surface area contributed by atoms with Crippen molar-refractivity contribution in [2.45, 2.75) is 44.6 Å². The molecular formula is C13H27N3. The fourth-order valence-electron chi connectivity index (χ4n) is 3.07. The van der Waals surface area contributed by atoms with Gasteiger partial charge in [0.25, 0.3) is 0 Å². The summed E-state index contributed by atoms with van der Waals surface area (Å²) in [6.07, 6.45) is 8.31. The molecule has 0 amide bonds. The lowest BCUT2D eigenvalue weighted by Crippen LogP contribution is -2.47. The average molecular weight is 225 g/mol. The topological polar surface area (TPSA) is 32.5 Å². The van der Waals surface area contributed by atoms with Crippen molar-refractivity contribution >= 4 is 0 Å². The highest BCUT2D eigenvalue weighted by atomic mass is 15.2. The Morgan fingerprint density at radius 1 is 0.875 bits per heavy atom. The maximum atomic E-state index is 5.85. The van der Waals surface area contributed by atoms with Crippen molar-refractivity contribution < 1.29 is 0 Å². The normalized spacial score (nSPS) is 29.4. The smallest absolute Gasteiger partial charge is 0.0218 e. The number of piperidine rings is 2. The molecule has 16 heavy (non-hydrogen) atoms. The maximum absolute atomic E-state index is 5.85. The van der Waals surface area contributed by atoms with Crippen LogP contribution in [0.5, 0.6) is 0 Å². The standard InChI is InChI=1S/C13H27N3/c14-12-13-6-2-5-9-16(13)11-10-15-7-3-1-4-8-15/h13H,1-12,14H2. The summed E-state index contributed by atoms with van der Waals surface area (Å²) >= 11 is 0. The summed E-state index contributed by atoms with van der Waals surface area (Å²) in [5, 5.41) is 0. The van der Waals surface area contributed by atoms with Crippen LogP contribution in [0.1, 0.15) is 38.5 Å². The second kappa shape index (κ2) is 6.58. The zero-order valence-electron chi connectivity index (χ0n) is 10.5. The molecule has 0 aromatic rings. The first-order valence-electron chi connectivity index (χ1n) is 7.06. The van der Waals surface area contributed by atoms with Gasteiger partial charge in [0.1, 0.15) is 0 Å². The van der Waals surface area contributed by atoms with Crippen LogP contribution in [0.25, 0.3) is 0 Å². The largest absolute Gasteiger partial charge is 0.329 e. The van der Waals surface area contributed by atoms with Gasteiger partial charge in [-0.25, -0.2) is 0 Å². The zero-order valence-corrected chi connectivity index (χ0v) is 10.5. The van der Waals surface area contributed by atoms with Gasteiger partial charge in [-0.1, -0.05) is 12.8 Å². The molecule has 2 rings (SSSR count). The van der Waals surface area contributed by atoms with Crippen molar-refractivity contribution in [3.8, 4) is 0 Å². The van der Waals surface area contributed by atoms with Crippen molar-refractivity contribution in [2.75, 3.05) is 39.3 Å². The van der Waals surface area contributed by atoms with Crippen molar-refractivity contribution in [3.05, 3.63) is 0 Å². The molecule has 2 N–H and O–H groups in total. The summed E-state index contributed by atoms with van der Waals surface area (Å²) in [6, 6.07) is 0.665. The van der Waals surface area contributed by atoms with Crippen LogP contribution in [0.15, 0.2) is 0 Å². The zero-order chi connectivity index (χ0) is 11.2. The molecule has 0 bridgehead atoms. The molecule has 2 fully saturated rings. The van der Waals surface area contributed by atoms with Crippen LogP contribution in [-0.4, -0.2) is 55.1 Å².